The van der Waals surface area contributed by atoms with E-state index in [1.54, 1.807) is 0 Å². The number of carbonyl (C=O) groups is 2. The summed E-state index contributed by atoms with van der Waals surface area (Å²) in [5, 5.41) is 28.1. The van der Waals surface area contributed by atoms with Gasteiger partial charge in [0, 0.05) is 6.42 Å². The quantitative estimate of drug-likeness (QED) is 0.0819. The summed E-state index contributed by atoms with van der Waals surface area (Å²) in [7, 11) is 5.56. The van der Waals surface area contributed by atoms with E-state index >= 15 is 0 Å². The van der Waals surface area contributed by atoms with Crippen LogP contribution in [-0.2, 0) is 16.0 Å². The number of carbonyl (C=O) groups excluding carboxylic acids is 1. The molecule has 0 aromatic heterocycles. The lowest BCUT2D eigenvalue weighted by Crippen LogP contribution is -2.54. The molecule has 0 saturated heterocycles. The monoisotopic (exact) mass is 544 g/mol. The third kappa shape index (κ3) is 7.58. The van der Waals surface area contributed by atoms with E-state index in [4.69, 9.17) is 0 Å². The maximum atomic E-state index is 12.7. The number of carboxylic acids is 1. The largest absolute Gasteiger partial charge is 0.481 e. The number of aryl methyl sites for hydroxylation is 1. The normalized spacial score (nSPS) is 13.8. The number of ketones is 1. The van der Waals surface area contributed by atoms with Crippen LogP contribution in [0.5, 0.6) is 0 Å². The summed E-state index contributed by atoms with van der Waals surface area (Å²) in [4.78, 5) is 23.9. The topological polar surface area (TPSA) is 74.6 Å². The number of hydrogen-bond donors (Lipinski definition) is 2. The van der Waals surface area contributed by atoms with Crippen LogP contribution in [0.1, 0.15) is 76.2 Å². The van der Waals surface area contributed by atoms with Gasteiger partial charge in [0.1, 0.15) is 6.54 Å². The molecule has 214 valence electrons. The average molecular weight is 545 g/mol. The number of likely N-dealkylation sites (N-methyl/N-ethyl adjacent to an activating group) is 1. The Labute approximate surface area is 238 Å². The summed E-state index contributed by atoms with van der Waals surface area (Å²) in [6.45, 7) is 0.106. The molecule has 1 atom stereocenters. The zero-order valence-corrected chi connectivity index (χ0v) is 24.5. The van der Waals surface area contributed by atoms with E-state index < -0.39 is 18.0 Å². The van der Waals surface area contributed by atoms with Crippen LogP contribution in [0, 0.1) is 0 Å². The molecule has 4 aromatic rings. The first kappa shape index (κ1) is 30.0. The molecule has 4 aromatic carbocycles. The van der Waals surface area contributed by atoms with Gasteiger partial charge in [-0.2, -0.15) is 0 Å². The van der Waals surface area contributed by atoms with Gasteiger partial charge in [0.05, 0.1) is 27.6 Å². The van der Waals surface area contributed by atoms with Crippen molar-refractivity contribution in [1.82, 2.24) is 0 Å². The smallest absolute Gasteiger partial charge is 0.306 e. The van der Waals surface area contributed by atoms with Crippen molar-refractivity contribution >= 4 is 44.1 Å². The molecule has 40 heavy (non-hydrogen) atoms. The van der Waals surface area contributed by atoms with Crippen LogP contribution >= 0.6 is 0 Å². The lowest BCUT2D eigenvalue weighted by molar-refractivity contribution is -0.875. The second kappa shape index (κ2) is 13.1. The second-order valence-electron chi connectivity index (χ2n) is 12.7. The van der Waals surface area contributed by atoms with Crippen molar-refractivity contribution in [3.63, 3.8) is 0 Å². The molecule has 0 spiro atoms. The van der Waals surface area contributed by atoms with Gasteiger partial charge in [-0.1, -0.05) is 99.5 Å². The highest BCUT2D eigenvalue weighted by atomic mass is 16.4. The highest BCUT2D eigenvalue weighted by molar-refractivity contribution is 6.23. The van der Waals surface area contributed by atoms with Gasteiger partial charge in [0.25, 0.3) is 0 Å². The minimum Gasteiger partial charge on any atom is -0.481 e. The van der Waals surface area contributed by atoms with E-state index in [9.17, 15) is 19.8 Å². The molecule has 1 unspecified atom stereocenters. The first-order valence-corrected chi connectivity index (χ1v) is 15.0. The number of nitrogens with zero attached hydrogens (tertiary/aromatic N) is 1. The van der Waals surface area contributed by atoms with E-state index in [0.717, 1.165) is 25.7 Å². The van der Waals surface area contributed by atoms with Crippen molar-refractivity contribution in [3.05, 3.63) is 60.2 Å². The van der Waals surface area contributed by atoms with Crippen LogP contribution in [0.4, 0.5) is 0 Å². The van der Waals surface area contributed by atoms with E-state index in [-0.39, 0.29) is 18.7 Å². The van der Waals surface area contributed by atoms with Crippen molar-refractivity contribution < 1.29 is 24.3 Å². The highest BCUT2D eigenvalue weighted by Crippen LogP contribution is 2.36. The van der Waals surface area contributed by atoms with Gasteiger partial charge in [-0.3, -0.25) is 9.59 Å². The molecule has 2 N–H and O–H groups in total. The van der Waals surface area contributed by atoms with Gasteiger partial charge in [-0.05, 0) is 57.1 Å². The van der Waals surface area contributed by atoms with Gasteiger partial charge >= 0.3 is 5.97 Å². The maximum Gasteiger partial charge on any atom is 0.306 e. The Morgan fingerprint density at radius 2 is 1.23 bits per heavy atom. The number of Topliss-reactive ketones (excluding diaryl/α,β-unsaturated/α-hetero) is 1. The number of aliphatic carboxylic acids is 1. The Hall–Kier alpha value is -3.02. The molecule has 4 rings (SSSR count). The van der Waals surface area contributed by atoms with E-state index in [1.807, 2.05) is 21.1 Å². The van der Waals surface area contributed by atoms with Crippen molar-refractivity contribution in [3.8, 4) is 0 Å². The molecular weight excluding hydrogens is 498 g/mol. The minimum atomic E-state index is -1.79. The first-order chi connectivity index (χ1) is 19.1. The molecule has 5 heteroatoms. The molecule has 0 amide bonds. The first-order valence-electron chi connectivity index (χ1n) is 15.0. The molecule has 0 aliphatic carbocycles. The second-order valence-corrected chi connectivity index (χ2v) is 12.7. The summed E-state index contributed by atoms with van der Waals surface area (Å²) in [5.74, 6) is -1.48. The van der Waals surface area contributed by atoms with Crippen LogP contribution in [0.2, 0.25) is 0 Å². The SMILES string of the molecule is C[N+](C)(C)CC(O)(CC(=O)O)C(=O)CCCCCCCCCCCc1ccc2ccc3cccc4ccc1c2c34. The summed E-state index contributed by atoms with van der Waals surface area (Å²) in [5.41, 5.74) is -0.334. The molecule has 0 fully saturated rings. The molecule has 0 heterocycles. The maximum absolute atomic E-state index is 12.7. The summed E-state index contributed by atoms with van der Waals surface area (Å²) >= 11 is 0. The fourth-order valence-corrected chi connectivity index (χ4v) is 6.36. The molecule has 0 radical (unpaired) electrons. The van der Waals surface area contributed by atoms with Gasteiger partial charge in [-0.25, -0.2) is 0 Å². The molecule has 0 aliphatic heterocycles. The minimum absolute atomic E-state index is 0.106. The third-order valence-corrected chi connectivity index (χ3v) is 8.17. The molecular formula is C35H46NO4+. The summed E-state index contributed by atoms with van der Waals surface area (Å²) in [6.07, 6.45) is 10.8. The number of rotatable bonds is 17. The zero-order valence-electron chi connectivity index (χ0n) is 24.5. The Morgan fingerprint density at radius 3 is 1.82 bits per heavy atom. The van der Waals surface area contributed by atoms with Crippen LogP contribution in [-0.4, -0.2) is 59.7 Å². The molecule has 0 bridgehead atoms. The highest BCUT2D eigenvalue weighted by Gasteiger charge is 2.42. The Balaban J connectivity index is 1.13. The van der Waals surface area contributed by atoms with Crippen molar-refractivity contribution in [2.45, 2.75) is 82.7 Å². The Kier molecular flexibility index (Phi) is 9.81. The van der Waals surface area contributed by atoms with Crippen LogP contribution in [0.15, 0.2) is 54.6 Å². The van der Waals surface area contributed by atoms with Crippen LogP contribution in [0.25, 0.3) is 32.3 Å². The standard InChI is InChI=1S/C35H45NO4/c1-36(2,3)25-35(40,24-32(38)39)31(37)17-12-10-8-6-4-5-7-9-11-14-26-18-19-29-21-20-27-15-13-16-28-22-23-30(26)34(29)33(27)28/h13,15-16,18-23,40H,4-12,14,17,24-25H2,1-3H3/p+1. The van der Waals surface area contributed by atoms with Gasteiger partial charge < -0.3 is 14.7 Å². The summed E-state index contributed by atoms with van der Waals surface area (Å²) < 4.78 is 0.341. The van der Waals surface area contributed by atoms with Gasteiger partial charge in [0.15, 0.2) is 11.4 Å². The number of quaternary nitrogens is 1. The number of aliphatic hydroxyl groups is 1. The Bertz CT molecular complexity index is 1420. The van der Waals surface area contributed by atoms with Crippen LogP contribution in [0.3, 0.4) is 0 Å². The van der Waals surface area contributed by atoms with Crippen molar-refractivity contribution in [1.29, 1.82) is 0 Å². The average Bonchev–Trinajstić information content (AvgIpc) is 2.89. The fourth-order valence-electron chi connectivity index (χ4n) is 6.36. The van der Waals surface area contributed by atoms with Crippen LogP contribution < -0.4 is 0 Å². The Morgan fingerprint density at radius 1 is 0.700 bits per heavy atom. The predicted octanol–water partition coefficient (Wildman–Crippen LogP) is 7.51. The predicted molar refractivity (Wildman–Crippen MR) is 165 cm³/mol. The zero-order chi connectivity index (χ0) is 28.8. The molecule has 5 nitrogen and oxygen atoms in total. The van der Waals surface area contributed by atoms with Gasteiger partial charge in [0.2, 0.25) is 0 Å². The van der Waals surface area contributed by atoms with E-state index in [1.165, 1.54) is 70.0 Å². The number of hydrogen-bond acceptors (Lipinski definition) is 3. The fraction of sp³-hybridized carbons (Fsp3) is 0.486. The number of unbranched alkanes of at least 4 members (excludes halogenated alkanes) is 8. The lowest BCUT2D eigenvalue weighted by Gasteiger charge is -2.33. The van der Waals surface area contributed by atoms with Crippen molar-refractivity contribution in [2.24, 2.45) is 0 Å². The van der Waals surface area contributed by atoms with E-state index in [0.29, 0.717) is 10.9 Å². The third-order valence-electron chi connectivity index (χ3n) is 8.17. The molecule has 0 saturated carbocycles. The molecule has 0 aliphatic rings. The number of benzene rings is 4. The summed E-state index contributed by atoms with van der Waals surface area (Å²) in [6, 6.07) is 20.2. The number of carboxylic acid groups (broad SMARTS) is 1. The van der Waals surface area contributed by atoms with Crippen molar-refractivity contribution in [2.75, 3.05) is 27.7 Å². The van der Waals surface area contributed by atoms with E-state index in [2.05, 4.69) is 54.6 Å². The van der Waals surface area contributed by atoms with Gasteiger partial charge in [-0.15, -0.1) is 0 Å². The lowest BCUT2D eigenvalue weighted by atomic mass is 9.89.